The van der Waals surface area contributed by atoms with Gasteiger partial charge >= 0.3 is 5.97 Å². The largest absolute Gasteiger partial charge is 0.463 e. The summed E-state index contributed by atoms with van der Waals surface area (Å²) in [5, 5.41) is 3.04. The van der Waals surface area contributed by atoms with Gasteiger partial charge in [-0.2, -0.15) is 0 Å². The average molecular weight is 452 g/mol. The van der Waals surface area contributed by atoms with Crippen molar-refractivity contribution in [2.75, 3.05) is 27.2 Å². The molecule has 0 aromatic heterocycles. The molecule has 0 aromatic carbocycles. The standard InChI is InChI=1S/C25H45N3O4/c1-10-19-12-13-20(27(8)15-19)23(29)26-22(17(5)6)24(30)28(9)21(16(3)4)14-18(7)25(31)32-11-2/h14,16-17,19-22H,10-13,15H2,1-9H3,(H,26,29)/b18-14+/t19-,20-,21+,22-/m0/s1. The Bertz CT molecular complexity index is 674. The zero-order valence-electron chi connectivity index (χ0n) is 21.6. The van der Waals surface area contributed by atoms with Gasteiger partial charge in [0.1, 0.15) is 6.04 Å². The summed E-state index contributed by atoms with van der Waals surface area (Å²) in [6, 6.07) is -1.11. The summed E-state index contributed by atoms with van der Waals surface area (Å²) < 4.78 is 5.08. The Labute approximate surface area is 194 Å². The molecule has 0 saturated carbocycles. The smallest absolute Gasteiger partial charge is 0.333 e. The highest BCUT2D eigenvalue weighted by atomic mass is 16.5. The van der Waals surface area contributed by atoms with Crippen LogP contribution >= 0.6 is 0 Å². The molecule has 1 rings (SSSR count). The van der Waals surface area contributed by atoms with Gasteiger partial charge in [-0.3, -0.25) is 14.5 Å². The van der Waals surface area contributed by atoms with Crippen molar-refractivity contribution in [1.29, 1.82) is 0 Å². The van der Waals surface area contributed by atoms with Crippen LogP contribution in [0.15, 0.2) is 11.6 Å². The Kier molecular flexibility index (Phi) is 11.4. The maximum atomic E-state index is 13.5. The Hall–Kier alpha value is -1.89. The van der Waals surface area contributed by atoms with Gasteiger partial charge in [0.2, 0.25) is 11.8 Å². The van der Waals surface area contributed by atoms with Crippen LogP contribution in [-0.2, 0) is 19.1 Å². The van der Waals surface area contributed by atoms with Crippen molar-refractivity contribution in [2.24, 2.45) is 17.8 Å². The van der Waals surface area contributed by atoms with Crippen LogP contribution in [0.1, 0.15) is 67.7 Å². The number of ether oxygens (including phenoxy) is 1. The molecule has 7 nitrogen and oxygen atoms in total. The summed E-state index contributed by atoms with van der Waals surface area (Å²) in [6.45, 7) is 14.8. The fourth-order valence-electron chi connectivity index (χ4n) is 4.35. The molecule has 4 atom stereocenters. The lowest BCUT2D eigenvalue weighted by Crippen LogP contribution is -2.58. The molecule has 0 unspecified atom stereocenters. The van der Waals surface area contributed by atoms with E-state index in [0.717, 1.165) is 25.8 Å². The number of likely N-dealkylation sites (N-methyl/N-ethyl adjacent to an activating group) is 2. The third-order valence-corrected chi connectivity index (χ3v) is 6.53. The molecule has 0 aromatic rings. The molecule has 0 bridgehead atoms. The molecule has 1 N–H and O–H groups in total. The third-order valence-electron chi connectivity index (χ3n) is 6.53. The number of carbonyl (C=O) groups is 3. The first-order valence-corrected chi connectivity index (χ1v) is 12.1. The van der Waals surface area contributed by atoms with E-state index in [1.54, 1.807) is 31.9 Å². The van der Waals surface area contributed by atoms with Crippen LogP contribution in [0.25, 0.3) is 0 Å². The fourth-order valence-corrected chi connectivity index (χ4v) is 4.35. The highest BCUT2D eigenvalue weighted by Gasteiger charge is 2.35. The molecule has 0 radical (unpaired) electrons. The maximum absolute atomic E-state index is 13.5. The summed E-state index contributed by atoms with van der Waals surface area (Å²) in [4.78, 5) is 42.4. The van der Waals surface area contributed by atoms with E-state index in [1.807, 2.05) is 34.7 Å². The van der Waals surface area contributed by atoms with Gasteiger partial charge in [0, 0.05) is 19.2 Å². The van der Waals surface area contributed by atoms with Crippen LogP contribution in [-0.4, -0.2) is 73.0 Å². The van der Waals surface area contributed by atoms with E-state index in [-0.39, 0.29) is 41.7 Å². The van der Waals surface area contributed by atoms with Crippen molar-refractivity contribution in [1.82, 2.24) is 15.1 Å². The summed E-state index contributed by atoms with van der Waals surface area (Å²) in [5.41, 5.74) is 0.477. The zero-order valence-corrected chi connectivity index (χ0v) is 21.6. The predicted octanol–water partition coefficient (Wildman–Crippen LogP) is 3.24. The molecule has 1 aliphatic rings. The number of nitrogens with one attached hydrogen (secondary N) is 1. The summed E-state index contributed by atoms with van der Waals surface area (Å²) in [7, 11) is 3.73. The molecular weight excluding hydrogens is 406 g/mol. The lowest BCUT2D eigenvalue weighted by atomic mass is 9.90. The Balaban J connectivity index is 2.99. The summed E-state index contributed by atoms with van der Waals surface area (Å²) >= 11 is 0. The number of amides is 2. The van der Waals surface area contributed by atoms with E-state index in [4.69, 9.17) is 4.74 Å². The topological polar surface area (TPSA) is 79.0 Å². The van der Waals surface area contributed by atoms with Crippen LogP contribution in [0.2, 0.25) is 0 Å². The minimum absolute atomic E-state index is 0.0610. The molecular formula is C25H45N3O4. The second-order valence-corrected chi connectivity index (χ2v) is 9.79. The van der Waals surface area contributed by atoms with E-state index in [1.165, 1.54) is 0 Å². The van der Waals surface area contributed by atoms with Crippen LogP contribution in [0, 0.1) is 17.8 Å². The van der Waals surface area contributed by atoms with E-state index in [9.17, 15) is 14.4 Å². The number of hydrogen-bond acceptors (Lipinski definition) is 5. The molecule has 0 aliphatic carbocycles. The van der Waals surface area contributed by atoms with Crippen molar-refractivity contribution >= 4 is 17.8 Å². The van der Waals surface area contributed by atoms with E-state index in [2.05, 4.69) is 17.1 Å². The number of esters is 1. The average Bonchev–Trinajstić information content (AvgIpc) is 2.73. The Morgan fingerprint density at radius 3 is 2.22 bits per heavy atom. The van der Waals surface area contributed by atoms with Gasteiger partial charge in [0.15, 0.2) is 0 Å². The van der Waals surface area contributed by atoms with E-state index >= 15 is 0 Å². The van der Waals surface area contributed by atoms with E-state index in [0.29, 0.717) is 18.1 Å². The minimum Gasteiger partial charge on any atom is -0.463 e. The quantitative estimate of drug-likeness (QED) is 0.407. The number of nitrogens with zero attached hydrogens (tertiary/aromatic N) is 2. The Morgan fingerprint density at radius 1 is 1.12 bits per heavy atom. The van der Waals surface area contributed by atoms with Crippen molar-refractivity contribution in [3.63, 3.8) is 0 Å². The van der Waals surface area contributed by atoms with E-state index < -0.39 is 6.04 Å². The molecule has 32 heavy (non-hydrogen) atoms. The second-order valence-electron chi connectivity index (χ2n) is 9.79. The number of likely N-dealkylation sites (tertiary alicyclic amines) is 1. The highest BCUT2D eigenvalue weighted by Crippen LogP contribution is 2.24. The zero-order chi connectivity index (χ0) is 24.6. The number of rotatable bonds is 10. The summed E-state index contributed by atoms with van der Waals surface area (Å²) in [6.07, 6.45) is 4.75. The first kappa shape index (κ1) is 28.1. The predicted molar refractivity (Wildman–Crippen MR) is 128 cm³/mol. The van der Waals surface area contributed by atoms with Gasteiger partial charge in [-0.15, -0.1) is 0 Å². The fraction of sp³-hybridized carbons (Fsp3) is 0.800. The minimum atomic E-state index is -0.623. The lowest BCUT2D eigenvalue weighted by molar-refractivity contribution is -0.140. The third kappa shape index (κ3) is 7.61. The molecule has 1 fully saturated rings. The van der Waals surface area contributed by atoms with Gasteiger partial charge in [-0.05, 0) is 51.5 Å². The normalized spacial score (nSPS) is 21.9. The molecule has 2 amide bonds. The van der Waals surface area contributed by atoms with Crippen molar-refractivity contribution < 1.29 is 19.1 Å². The lowest BCUT2D eigenvalue weighted by Gasteiger charge is -2.38. The van der Waals surface area contributed by atoms with Gasteiger partial charge < -0.3 is 15.0 Å². The van der Waals surface area contributed by atoms with Gasteiger partial charge in [-0.25, -0.2) is 4.79 Å². The van der Waals surface area contributed by atoms with Crippen molar-refractivity contribution in [2.45, 2.75) is 85.9 Å². The van der Waals surface area contributed by atoms with Crippen molar-refractivity contribution in [3.8, 4) is 0 Å². The number of hydrogen-bond donors (Lipinski definition) is 1. The van der Waals surface area contributed by atoms with Crippen LogP contribution in [0.5, 0.6) is 0 Å². The van der Waals surface area contributed by atoms with Crippen LogP contribution in [0.4, 0.5) is 0 Å². The van der Waals surface area contributed by atoms with Crippen LogP contribution in [0.3, 0.4) is 0 Å². The number of piperidine rings is 1. The molecule has 7 heteroatoms. The molecule has 1 saturated heterocycles. The monoisotopic (exact) mass is 451 g/mol. The van der Waals surface area contributed by atoms with Gasteiger partial charge in [-0.1, -0.05) is 47.1 Å². The Morgan fingerprint density at radius 2 is 1.75 bits per heavy atom. The summed E-state index contributed by atoms with van der Waals surface area (Å²) in [5.74, 6) is 0.0468. The first-order chi connectivity index (χ1) is 14.9. The van der Waals surface area contributed by atoms with Crippen LogP contribution < -0.4 is 5.32 Å². The molecule has 1 heterocycles. The molecule has 0 spiro atoms. The maximum Gasteiger partial charge on any atom is 0.333 e. The SMILES string of the molecule is CCOC(=O)/C(C)=C/[C@H](C(C)C)N(C)C(=O)[C@@H](NC(=O)[C@@H]1CC[C@H](CC)CN1C)C(C)C. The molecule has 1 aliphatic heterocycles. The molecule has 184 valence electrons. The number of carbonyl (C=O) groups excluding carboxylic acids is 3. The first-order valence-electron chi connectivity index (χ1n) is 12.1. The van der Waals surface area contributed by atoms with Gasteiger partial charge in [0.05, 0.1) is 18.7 Å². The van der Waals surface area contributed by atoms with Crippen molar-refractivity contribution in [3.05, 3.63) is 11.6 Å². The van der Waals surface area contributed by atoms with Gasteiger partial charge in [0.25, 0.3) is 0 Å². The second kappa shape index (κ2) is 13.0. The highest BCUT2D eigenvalue weighted by molar-refractivity contribution is 5.91.